The molecule has 0 aliphatic carbocycles. The summed E-state index contributed by atoms with van der Waals surface area (Å²) in [5, 5.41) is 6.94. The van der Waals surface area contributed by atoms with Crippen molar-refractivity contribution in [3.05, 3.63) is 64.1 Å². The Morgan fingerprint density at radius 3 is 3.05 bits per heavy atom. The lowest BCUT2D eigenvalue weighted by molar-refractivity contribution is 0.0946. The van der Waals surface area contributed by atoms with Crippen molar-refractivity contribution in [2.45, 2.75) is 13.3 Å². The van der Waals surface area contributed by atoms with Crippen molar-refractivity contribution < 1.29 is 4.79 Å². The van der Waals surface area contributed by atoms with Gasteiger partial charge in [0.1, 0.15) is 11.5 Å². The Kier molecular flexibility index (Phi) is 3.69. The minimum atomic E-state index is -0.212. The minimum Gasteiger partial charge on any atom is -0.350 e. The van der Waals surface area contributed by atoms with Crippen LogP contribution in [0.5, 0.6) is 0 Å². The lowest BCUT2D eigenvalue weighted by atomic mass is 10.2. The zero-order chi connectivity index (χ0) is 15.5. The van der Waals surface area contributed by atoms with Crippen molar-refractivity contribution in [3.63, 3.8) is 0 Å². The van der Waals surface area contributed by atoms with E-state index < -0.39 is 0 Å². The number of fused-ring (bicyclic) bond motifs is 1. The molecule has 7 nitrogen and oxygen atoms in total. The molecule has 0 saturated carbocycles. The average Bonchev–Trinajstić information content (AvgIpc) is 2.94. The van der Waals surface area contributed by atoms with E-state index in [1.54, 1.807) is 23.7 Å². The van der Waals surface area contributed by atoms with E-state index in [0.29, 0.717) is 30.2 Å². The van der Waals surface area contributed by atoms with Gasteiger partial charge >= 0.3 is 0 Å². The van der Waals surface area contributed by atoms with Crippen LogP contribution < -0.4 is 10.9 Å². The second-order valence-corrected chi connectivity index (χ2v) is 4.91. The molecule has 0 fully saturated rings. The van der Waals surface area contributed by atoms with Crippen LogP contribution >= 0.6 is 0 Å². The summed E-state index contributed by atoms with van der Waals surface area (Å²) in [6, 6.07) is 8.68. The van der Waals surface area contributed by atoms with Crippen LogP contribution in [-0.2, 0) is 6.42 Å². The third kappa shape index (κ3) is 2.88. The largest absolute Gasteiger partial charge is 0.350 e. The molecule has 0 bridgehead atoms. The topological polar surface area (TPSA) is 92.2 Å². The quantitative estimate of drug-likeness (QED) is 0.741. The lowest BCUT2D eigenvalue weighted by Crippen LogP contribution is -2.28. The smallest absolute Gasteiger partial charge is 0.269 e. The van der Waals surface area contributed by atoms with Crippen molar-refractivity contribution in [2.24, 2.45) is 0 Å². The number of aryl methyl sites for hydroxylation is 1. The normalized spacial score (nSPS) is 10.8. The van der Waals surface area contributed by atoms with Gasteiger partial charge in [-0.1, -0.05) is 6.07 Å². The maximum atomic E-state index is 12.2. The number of hydrogen-bond acceptors (Lipinski definition) is 4. The van der Waals surface area contributed by atoms with Gasteiger partial charge in [-0.05, 0) is 25.1 Å². The van der Waals surface area contributed by atoms with Crippen molar-refractivity contribution in [1.29, 1.82) is 0 Å². The summed E-state index contributed by atoms with van der Waals surface area (Å²) in [5.41, 5.74) is 1.80. The monoisotopic (exact) mass is 297 g/mol. The summed E-state index contributed by atoms with van der Waals surface area (Å²) in [6.07, 6.45) is 2.14. The van der Waals surface area contributed by atoms with Crippen LogP contribution in [-0.4, -0.2) is 32.0 Å². The highest BCUT2D eigenvalue weighted by Gasteiger charge is 2.10. The molecule has 0 aliphatic rings. The molecule has 3 aromatic rings. The van der Waals surface area contributed by atoms with Gasteiger partial charge in [-0.15, -0.1) is 0 Å². The Bertz CT molecular complexity index is 881. The number of hydrogen-bond donors (Lipinski definition) is 2. The van der Waals surface area contributed by atoms with Crippen LogP contribution in [0.3, 0.4) is 0 Å². The highest BCUT2D eigenvalue weighted by Crippen LogP contribution is 2.06. The molecule has 3 heterocycles. The Hall–Kier alpha value is -2.96. The molecule has 2 N–H and O–H groups in total. The van der Waals surface area contributed by atoms with Crippen LogP contribution in [0.25, 0.3) is 5.52 Å². The van der Waals surface area contributed by atoms with E-state index in [-0.39, 0.29) is 11.5 Å². The highest BCUT2D eigenvalue weighted by molar-refractivity contribution is 5.93. The van der Waals surface area contributed by atoms with E-state index in [2.05, 4.69) is 20.4 Å². The van der Waals surface area contributed by atoms with Gasteiger partial charge in [0.25, 0.3) is 11.5 Å². The lowest BCUT2D eigenvalue weighted by Gasteiger charge is -2.07. The number of pyridine rings is 1. The molecule has 112 valence electrons. The third-order valence-electron chi connectivity index (χ3n) is 3.23. The van der Waals surface area contributed by atoms with Crippen LogP contribution in [0.1, 0.15) is 22.0 Å². The number of nitrogens with zero attached hydrogens (tertiary/aromatic N) is 3. The first-order chi connectivity index (χ1) is 10.6. The van der Waals surface area contributed by atoms with Crippen LogP contribution in [0.15, 0.2) is 41.3 Å². The van der Waals surface area contributed by atoms with Crippen molar-refractivity contribution in [3.8, 4) is 0 Å². The molecule has 0 atom stereocenters. The molecule has 0 aromatic carbocycles. The van der Waals surface area contributed by atoms with E-state index in [1.165, 1.54) is 6.07 Å². The zero-order valence-corrected chi connectivity index (χ0v) is 12.0. The van der Waals surface area contributed by atoms with Crippen molar-refractivity contribution >= 4 is 11.4 Å². The van der Waals surface area contributed by atoms with Crippen LogP contribution in [0, 0.1) is 6.92 Å². The minimum absolute atomic E-state index is 0.185. The highest BCUT2D eigenvalue weighted by atomic mass is 16.2. The molecule has 7 heteroatoms. The number of aromatic nitrogens is 4. The number of nitrogens with one attached hydrogen (secondary N) is 2. The van der Waals surface area contributed by atoms with Gasteiger partial charge in [0.05, 0.1) is 11.7 Å². The first-order valence-corrected chi connectivity index (χ1v) is 6.91. The summed E-state index contributed by atoms with van der Waals surface area (Å²) in [5.74, 6) is 0.353. The van der Waals surface area contributed by atoms with E-state index in [4.69, 9.17) is 0 Å². The van der Waals surface area contributed by atoms with Gasteiger partial charge in [0.15, 0.2) is 0 Å². The van der Waals surface area contributed by atoms with Gasteiger partial charge in [0, 0.05) is 24.7 Å². The maximum Gasteiger partial charge on any atom is 0.269 e. The van der Waals surface area contributed by atoms with E-state index in [1.807, 2.05) is 18.2 Å². The van der Waals surface area contributed by atoms with Crippen LogP contribution in [0.4, 0.5) is 0 Å². The molecule has 0 unspecified atom stereocenters. The van der Waals surface area contributed by atoms with Gasteiger partial charge in [0.2, 0.25) is 0 Å². The maximum absolute atomic E-state index is 12.2. The Morgan fingerprint density at radius 2 is 2.23 bits per heavy atom. The molecule has 0 aliphatic heterocycles. The molecule has 22 heavy (non-hydrogen) atoms. The molecular formula is C15H15N5O2. The molecule has 0 saturated heterocycles. The summed E-state index contributed by atoms with van der Waals surface area (Å²) >= 11 is 0. The Labute approximate surface area is 126 Å². The standard InChI is InChI=1S/C15H15N5O2/c1-10-18-11(9-14(21)19-10)5-7-16-15(22)13-4-2-3-12-6-8-17-20(12)13/h2-4,6,8-9H,5,7H2,1H3,(H,16,22)(H,18,19,21). The predicted octanol–water partition coefficient (Wildman–Crippen LogP) is 0.699. The fourth-order valence-electron chi connectivity index (χ4n) is 2.29. The third-order valence-corrected chi connectivity index (χ3v) is 3.23. The van der Waals surface area contributed by atoms with E-state index in [9.17, 15) is 9.59 Å². The van der Waals surface area contributed by atoms with E-state index in [0.717, 1.165) is 5.52 Å². The van der Waals surface area contributed by atoms with Crippen LogP contribution in [0.2, 0.25) is 0 Å². The van der Waals surface area contributed by atoms with Gasteiger partial charge in [-0.2, -0.15) is 5.10 Å². The fourth-order valence-corrected chi connectivity index (χ4v) is 2.29. The summed E-state index contributed by atoms with van der Waals surface area (Å²) in [7, 11) is 0. The Balaban J connectivity index is 1.67. The number of carbonyl (C=O) groups excluding carboxylic acids is 1. The van der Waals surface area contributed by atoms with Crippen molar-refractivity contribution in [1.82, 2.24) is 24.9 Å². The predicted molar refractivity (Wildman–Crippen MR) is 80.8 cm³/mol. The number of carbonyl (C=O) groups is 1. The number of aromatic amines is 1. The zero-order valence-electron chi connectivity index (χ0n) is 12.0. The Morgan fingerprint density at radius 1 is 1.36 bits per heavy atom. The van der Waals surface area contributed by atoms with Gasteiger partial charge in [-0.25, -0.2) is 9.50 Å². The van der Waals surface area contributed by atoms with E-state index >= 15 is 0 Å². The first kappa shape index (κ1) is 14.0. The van der Waals surface area contributed by atoms with Crippen molar-refractivity contribution in [2.75, 3.05) is 6.54 Å². The summed E-state index contributed by atoms with van der Waals surface area (Å²) in [6.45, 7) is 2.12. The summed E-state index contributed by atoms with van der Waals surface area (Å²) in [4.78, 5) is 30.4. The number of rotatable bonds is 4. The molecule has 3 rings (SSSR count). The second kappa shape index (κ2) is 5.80. The second-order valence-electron chi connectivity index (χ2n) is 4.91. The fraction of sp³-hybridized carbons (Fsp3) is 0.200. The first-order valence-electron chi connectivity index (χ1n) is 6.91. The molecule has 0 radical (unpaired) electrons. The molecule has 3 aromatic heterocycles. The SMILES string of the molecule is Cc1nc(CCNC(=O)c2cccc3ccnn23)cc(=O)[nH]1. The number of H-pyrrole nitrogens is 1. The molecule has 0 spiro atoms. The molecular weight excluding hydrogens is 282 g/mol. The average molecular weight is 297 g/mol. The number of amides is 1. The van der Waals surface area contributed by atoms with Gasteiger partial charge < -0.3 is 10.3 Å². The van der Waals surface area contributed by atoms with Gasteiger partial charge in [-0.3, -0.25) is 9.59 Å². The summed E-state index contributed by atoms with van der Waals surface area (Å²) < 4.78 is 1.59. The molecule has 1 amide bonds.